The van der Waals surface area contributed by atoms with Crippen molar-refractivity contribution in [3.8, 4) is 5.75 Å². The van der Waals surface area contributed by atoms with Crippen LogP contribution < -0.4 is 15.8 Å². The van der Waals surface area contributed by atoms with Crippen molar-refractivity contribution in [3.63, 3.8) is 0 Å². The van der Waals surface area contributed by atoms with Crippen molar-refractivity contribution >= 4 is 17.1 Å². The molecule has 0 saturated carbocycles. The van der Waals surface area contributed by atoms with Gasteiger partial charge in [0.1, 0.15) is 0 Å². The van der Waals surface area contributed by atoms with E-state index in [4.69, 9.17) is 10.5 Å². The molecule has 0 aliphatic heterocycles. The fraction of sp³-hybridized carbons (Fsp3) is 0.250. The SMILES string of the molecule is CCCOc1cc(Nc2ccccc2C)c(N)cc1F. The first kappa shape index (κ1) is 14.2. The van der Waals surface area contributed by atoms with Gasteiger partial charge in [0.15, 0.2) is 11.6 Å². The van der Waals surface area contributed by atoms with E-state index in [-0.39, 0.29) is 5.75 Å². The topological polar surface area (TPSA) is 47.3 Å². The summed E-state index contributed by atoms with van der Waals surface area (Å²) in [5.74, 6) is -0.219. The number of halogens is 1. The van der Waals surface area contributed by atoms with Gasteiger partial charge in [0.25, 0.3) is 0 Å². The van der Waals surface area contributed by atoms with Crippen LogP contribution in [0.2, 0.25) is 0 Å². The molecule has 2 aromatic carbocycles. The molecule has 0 amide bonds. The lowest BCUT2D eigenvalue weighted by Gasteiger charge is -2.14. The number of hydrogen-bond acceptors (Lipinski definition) is 3. The minimum absolute atomic E-state index is 0.220. The van der Waals surface area contributed by atoms with Crippen molar-refractivity contribution in [1.29, 1.82) is 0 Å². The quantitative estimate of drug-likeness (QED) is 0.801. The molecule has 3 nitrogen and oxygen atoms in total. The number of hydrogen-bond donors (Lipinski definition) is 2. The Hall–Kier alpha value is -2.23. The van der Waals surface area contributed by atoms with Crippen molar-refractivity contribution in [2.45, 2.75) is 20.3 Å². The zero-order chi connectivity index (χ0) is 14.5. The number of nitrogens with one attached hydrogen (secondary N) is 1. The Labute approximate surface area is 118 Å². The average molecular weight is 274 g/mol. The van der Waals surface area contributed by atoms with E-state index in [1.165, 1.54) is 6.07 Å². The van der Waals surface area contributed by atoms with Crippen LogP contribution in [0.3, 0.4) is 0 Å². The highest BCUT2D eigenvalue weighted by Gasteiger charge is 2.10. The lowest BCUT2D eigenvalue weighted by molar-refractivity contribution is 0.301. The molecule has 0 fully saturated rings. The van der Waals surface area contributed by atoms with Crippen LogP contribution in [-0.4, -0.2) is 6.61 Å². The van der Waals surface area contributed by atoms with E-state index in [0.717, 1.165) is 17.7 Å². The number of rotatable bonds is 5. The van der Waals surface area contributed by atoms with Crippen LogP contribution in [0.15, 0.2) is 36.4 Å². The summed E-state index contributed by atoms with van der Waals surface area (Å²) >= 11 is 0. The van der Waals surface area contributed by atoms with Crippen molar-refractivity contribution in [2.24, 2.45) is 0 Å². The molecular formula is C16H19FN2O. The Balaban J connectivity index is 2.29. The summed E-state index contributed by atoms with van der Waals surface area (Å²) in [5, 5.41) is 3.21. The molecule has 2 aromatic rings. The fourth-order valence-electron chi connectivity index (χ4n) is 1.86. The molecule has 2 rings (SSSR count). The summed E-state index contributed by atoms with van der Waals surface area (Å²) < 4.78 is 19.1. The van der Waals surface area contributed by atoms with Crippen LogP contribution in [-0.2, 0) is 0 Å². The van der Waals surface area contributed by atoms with Gasteiger partial charge in [-0.05, 0) is 25.0 Å². The predicted octanol–water partition coefficient (Wildman–Crippen LogP) is 4.25. The van der Waals surface area contributed by atoms with Gasteiger partial charge in [-0.2, -0.15) is 0 Å². The molecule has 0 heterocycles. The molecule has 106 valence electrons. The zero-order valence-corrected chi connectivity index (χ0v) is 11.7. The summed E-state index contributed by atoms with van der Waals surface area (Å²) in [5.41, 5.74) is 8.89. The summed E-state index contributed by atoms with van der Waals surface area (Å²) in [4.78, 5) is 0. The Morgan fingerprint density at radius 2 is 1.95 bits per heavy atom. The van der Waals surface area contributed by atoms with Crippen molar-refractivity contribution in [2.75, 3.05) is 17.7 Å². The highest BCUT2D eigenvalue weighted by atomic mass is 19.1. The van der Waals surface area contributed by atoms with Crippen LogP contribution in [0.5, 0.6) is 5.75 Å². The molecule has 0 atom stereocenters. The van der Waals surface area contributed by atoms with Crippen LogP contribution >= 0.6 is 0 Å². The van der Waals surface area contributed by atoms with Crippen molar-refractivity contribution in [3.05, 3.63) is 47.8 Å². The second-order valence-electron chi connectivity index (χ2n) is 4.66. The molecule has 4 heteroatoms. The monoisotopic (exact) mass is 274 g/mol. The van der Waals surface area contributed by atoms with E-state index in [9.17, 15) is 4.39 Å². The molecule has 0 radical (unpaired) electrons. The lowest BCUT2D eigenvalue weighted by atomic mass is 10.2. The highest BCUT2D eigenvalue weighted by Crippen LogP contribution is 2.31. The third-order valence-electron chi connectivity index (χ3n) is 2.98. The number of aryl methyl sites for hydroxylation is 1. The molecule has 0 unspecified atom stereocenters. The van der Waals surface area contributed by atoms with Gasteiger partial charge in [-0.25, -0.2) is 4.39 Å². The summed E-state index contributed by atoms with van der Waals surface area (Å²) in [7, 11) is 0. The maximum absolute atomic E-state index is 13.7. The van der Waals surface area contributed by atoms with Crippen molar-refractivity contribution in [1.82, 2.24) is 0 Å². The molecule has 0 spiro atoms. The molecule has 0 saturated heterocycles. The Morgan fingerprint density at radius 3 is 2.65 bits per heavy atom. The molecule has 20 heavy (non-hydrogen) atoms. The Kier molecular flexibility index (Phi) is 4.45. The van der Waals surface area contributed by atoms with Crippen LogP contribution in [0.1, 0.15) is 18.9 Å². The van der Waals surface area contributed by atoms with Crippen LogP contribution in [0.4, 0.5) is 21.5 Å². The predicted molar refractivity (Wildman–Crippen MR) is 81.1 cm³/mol. The first-order valence-electron chi connectivity index (χ1n) is 6.66. The van der Waals surface area contributed by atoms with Gasteiger partial charge in [-0.15, -0.1) is 0 Å². The molecule has 3 N–H and O–H groups in total. The van der Waals surface area contributed by atoms with E-state index < -0.39 is 5.82 Å². The second-order valence-corrected chi connectivity index (χ2v) is 4.66. The van der Waals surface area contributed by atoms with E-state index in [1.807, 2.05) is 38.1 Å². The van der Waals surface area contributed by atoms with Gasteiger partial charge >= 0.3 is 0 Å². The van der Waals surface area contributed by atoms with E-state index >= 15 is 0 Å². The summed E-state index contributed by atoms with van der Waals surface area (Å²) in [6, 6.07) is 10.7. The summed E-state index contributed by atoms with van der Waals surface area (Å²) in [6.07, 6.45) is 0.824. The fourth-order valence-corrected chi connectivity index (χ4v) is 1.86. The number of ether oxygens (including phenoxy) is 1. The third kappa shape index (κ3) is 3.20. The maximum atomic E-state index is 13.7. The van der Waals surface area contributed by atoms with Gasteiger partial charge < -0.3 is 15.8 Å². The summed E-state index contributed by atoms with van der Waals surface area (Å²) in [6.45, 7) is 4.45. The number of nitrogens with two attached hydrogens (primary N) is 1. The van der Waals surface area contributed by atoms with Crippen LogP contribution in [0.25, 0.3) is 0 Å². The number of nitrogen functional groups attached to an aromatic ring is 1. The molecule has 0 aliphatic rings. The standard InChI is InChI=1S/C16H19FN2O/c1-3-8-20-16-10-15(13(18)9-12(16)17)19-14-7-5-4-6-11(14)2/h4-7,9-10,19H,3,8,18H2,1-2H3. The number of benzene rings is 2. The molecule has 0 aromatic heterocycles. The van der Waals surface area contributed by atoms with Crippen LogP contribution in [0, 0.1) is 12.7 Å². The minimum Gasteiger partial charge on any atom is -0.490 e. The average Bonchev–Trinajstić information content (AvgIpc) is 2.43. The maximum Gasteiger partial charge on any atom is 0.167 e. The zero-order valence-electron chi connectivity index (χ0n) is 11.7. The van der Waals surface area contributed by atoms with E-state index in [2.05, 4.69) is 5.32 Å². The van der Waals surface area contributed by atoms with Gasteiger partial charge in [-0.3, -0.25) is 0 Å². The van der Waals surface area contributed by atoms with Gasteiger partial charge in [0.05, 0.1) is 18.0 Å². The first-order valence-corrected chi connectivity index (χ1v) is 6.66. The largest absolute Gasteiger partial charge is 0.490 e. The molecular weight excluding hydrogens is 255 g/mol. The number of anilines is 3. The third-order valence-corrected chi connectivity index (χ3v) is 2.98. The minimum atomic E-state index is -0.439. The Morgan fingerprint density at radius 1 is 1.20 bits per heavy atom. The normalized spacial score (nSPS) is 10.3. The van der Waals surface area contributed by atoms with Gasteiger partial charge in [0.2, 0.25) is 0 Å². The van der Waals surface area contributed by atoms with Crippen molar-refractivity contribution < 1.29 is 9.13 Å². The molecule has 0 aliphatic carbocycles. The Bertz CT molecular complexity index is 599. The van der Waals surface area contributed by atoms with E-state index in [0.29, 0.717) is 18.0 Å². The van der Waals surface area contributed by atoms with E-state index in [1.54, 1.807) is 6.07 Å². The number of para-hydroxylation sites is 1. The molecule has 0 bridgehead atoms. The smallest absolute Gasteiger partial charge is 0.167 e. The first-order chi connectivity index (χ1) is 9.61. The van der Waals surface area contributed by atoms with Gasteiger partial charge in [-0.1, -0.05) is 25.1 Å². The lowest BCUT2D eigenvalue weighted by Crippen LogP contribution is -2.02. The van der Waals surface area contributed by atoms with Gasteiger partial charge in [0, 0.05) is 17.8 Å². The highest BCUT2D eigenvalue weighted by molar-refractivity contribution is 5.75. The second kappa shape index (κ2) is 6.28.